The summed E-state index contributed by atoms with van der Waals surface area (Å²) < 4.78 is 0. The molecule has 0 fully saturated rings. The van der Waals surface area contributed by atoms with Gasteiger partial charge in [0.15, 0.2) is 0 Å². The van der Waals surface area contributed by atoms with Gasteiger partial charge in [0.25, 0.3) is 0 Å². The highest BCUT2D eigenvalue weighted by Crippen LogP contribution is 2.12. The highest BCUT2D eigenvalue weighted by Gasteiger charge is 2.26. The molecule has 17 heavy (non-hydrogen) atoms. The predicted molar refractivity (Wildman–Crippen MR) is 69.5 cm³/mol. The molecule has 0 aromatic rings. The van der Waals surface area contributed by atoms with Crippen molar-refractivity contribution in [2.45, 2.75) is 58.3 Å². The van der Waals surface area contributed by atoms with E-state index in [4.69, 9.17) is 0 Å². The Labute approximate surface area is 113 Å². The highest BCUT2D eigenvalue weighted by atomic mass is 35.5. The lowest BCUT2D eigenvalue weighted by molar-refractivity contribution is -0.00000354. The van der Waals surface area contributed by atoms with Crippen molar-refractivity contribution >= 4 is 0 Å². The Morgan fingerprint density at radius 3 is 2.00 bits per heavy atom. The fraction of sp³-hybridized carbons (Fsp3) is 0.786. The lowest BCUT2D eigenvalue weighted by Gasteiger charge is -2.03. The number of nitrogens with zero attached hydrogens (tertiary/aromatic N) is 2. The maximum absolute atomic E-state index is 3.23. The first-order valence-corrected chi connectivity index (χ1v) is 6.77. The van der Waals surface area contributed by atoms with Crippen LogP contribution in [0.15, 0.2) is 12.4 Å². The van der Waals surface area contributed by atoms with Gasteiger partial charge in [0.05, 0.1) is 26.0 Å². The van der Waals surface area contributed by atoms with Gasteiger partial charge in [-0.15, -0.1) is 9.80 Å². The second-order valence-corrected chi connectivity index (χ2v) is 4.68. The SMILES string of the molecule is CCCCCCCCCCN1[C+]N(C)C=C1.[Cl-]. The molecule has 0 spiro atoms. The van der Waals surface area contributed by atoms with E-state index in [2.05, 4.69) is 24.7 Å². The van der Waals surface area contributed by atoms with Gasteiger partial charge < -0.3 is 12.4 Å². The summed E-state index contributed by atoms with van der Waals surface area (Å²) in [5.41, 5.74) is 0. The maximum Gasteiger partial charge on any atom is 0.564 e. The van der Waals surface area contributed by atoms with Crippen LogP contribution in [0, 0.1) is 6.67 Å². The third-order valence-electron chi connectivity index (χ3n) is 3.01. The van der Waals surface area contributed by atoms with Gasteiger partial charge in [-0.3, -0.25) is 0 Å². The molecule has 2 nitrogen and oxygen atoms in total. The first kappa shape index (κ1) is 16.5. The first-order chi connectivity index (χ1) is 7.83. The van der Waals surface area contributed by atoms with Crippen LogP contribution >= 0.6 is 0 Å². The van der Waals surface area contributed by atoms with E-state index in [0.29, 0.717) is 0 Å². The molecule has 0 aromatic heterocycles. The summed E-state index contributed by atoms with van der Waals surface area (Å²) in [4.78, 5) is 4.13. The Bertz CT molecular complexity index is 195. The van der Waals surface area contributed by atoms with Crippen molar-refractivity contribution < 1.29 is 12.4 Å². The van der Waals surface area contributed by atoms with E-state index in [9.17, 15) is 0 Å². The highest BCUT2D eigenvalue weighted by molar-refractivity contribution is 4.94. The molecule has 0 saturated carbocycles. The topological polar surface area (TPSA) is 6.48 Å². The standard InChI is InChI=1S/C14H26N2.ClH/c1-3-4-5-6-7-8-9-10-11-16-13-12-15(2)14-16;/h12-13H,3-11H2,1-2H3;1H/q+1;/p-1. The third-order valence-corrected chi connectivity index (χ3v) is 3.01. The van der Waals surface area contributed by atoms with Crippen molar-refractivity contribution in [3.05, 3.63) is 19.1 Å². The molecule has 1 aliphatic heterocycles. The Hall–Kier alpha value is -0.500. The normalized spacial score (nSPS) is 13.8. The largest absolute Gasteiger partial charge is 1.00 e. The van der Waals surface area contributed by atoms with Gasteiger partial charge in [0.2, 0.25) is 0 Å². The minimum Gasteiger partial charge on any atom is -1.00 e. The Morgan fingerprint density at radius 1 is 0.882 bits per heavy atom. The molecule has 1 aliphatic rings. The predicted octanol–water partition coefficient (Wildman–Crippen LogP) is 0.846. The number of rotatable bonds is 9. The van der Waals surface area contributed by atoms with Crippen LogP contribution in [0.2, 0.25) is 0 Å². The summed E-state index contributed by atoms with van der Waals surface area (Å²) in [5, 5.41) is 0. The van der Waals surface area contributed by atoms with E-state index in [1.807, 2.05) is 18.1 Å². The zero-order chi connectivity index (χ0) is 11.6. The fourth-order valence-electron chi connectivity index (χ4n) is 1.99. The summed E-state index contributed by atoms with van der Waals surface area (Å²) in [7, 11) is 2.02. The molecular weight excluding hydrogens is 232 g/mol. The molecule has 99 valence electrons. The van der Waals surface area contributed by atoms with Crippen LogP contribution in [0.4, 0.5) is 0 Å². The van der Waals surface area contributed by atoms with Crippen LogP contribution in [0.25, 0.3) is 0 Å². The zero-order valence-corrected chi connectivity index (χ0v) is 12.0. The van der Waals surface area contributed by atoms with Crippen molar-refractivity contribution in [2.75, 3.05) is 13.6 Å². The van der Waals surface area contributed by atoms with E-state index < -0.39 is 0 Å². The number of hydrogen-bond donors (Lipinski definition) is 0. The fourth-order valence-corrected chi connectivity index (χ4v) is 1.99. The maximum atomic E-state index is 3.23. The number of halogens is 1. The van der Waals surface area contributed by atoms with Crippen LogP contribution in [0.1, 0.15) is 58.3 Å². The summed E-state index contributed by atoms with van der Waals surface area (Å²) in [6, 6.07) is 0. The van der Waals surface area contributed by atoms with E-state index in [1.165, 1.54) is 51.4 Å². The minimum absolute atomic E-state index is 0. The van der Waals surface area contributed by atoms with Crippen molar-refractivity contribution in [2.24, 2.45) is 0 Å². The minimum atomic E-state index is 0. The van der Waals surface area contributed by atoms with Crippen molar-refractivity contribution in [3.63, 3.8) is 0 Å². The summed E-state index contributed by atoms with van der Waals surface area (Å²) in [6.45, 7) is 6.62. The van der Waals surface area contributed by atoms with Crippen molar-refractivity contribution in [1.29, 1.82) is 0 Å². The molecule has 0 atom stereocenters. The van der Waals surface area contributed by atoms with E-state index in [0.717, 1.165) is 6.54 Å². The lowest BCUT2D eigenvalue weighted by atomic mass is 10.1. The van der Waals surface area contributed by atoms with Gasteiger partial charge in [-0.2, -0.15) is 0 Å². The quantitative estimate of drug-likeness (QED) is 0.446. The van der Waals surface area contributed by atoms with Gasteiger partial charge in [-0.1, -0.05) is 51.9 Å². The van der Waals surface area contributed by atoms with Gasteiger partial charge in [-0.05, 0) is 6.42 Å². The van der Waals surface area contributed by atoms with Crippen molar-refractivity contribution in [1.82, 2.24) is 9.80 Å². The molecule has 1 heterocycles. The van der Waals surface area contributed by atoms with Gasteiger partial charge >= 0.3 is 6.67 Å². The smallest absolute Gasteiger partial charge is 0.564 e. The summed E-state index contributed by atoms with van der Waals surface area (Å²) >= 11 is 0. The molecule has 0 unspecified atom stereocenters. The molecule has 0 amide bonds. The molecule has 3 heteroatoms. The lowest BCUT2D eigenvalue weighted by Crippen LogP contribution is -3.00. The Kier molecular flexibility index (Phi) is 10.3. The summed E-state index contributed by atoms with van der Waals surface area (Å²) in [5.74, 6) is 0. The number of hydrogen-bond acceptors (Lipinski definition) is 2. The molecule has 0 bridgehead atoms. The molecular formula is C14H26ClN2. The molecule has 0 N–H and O–H groups in total. The summed E-state index contributed by atoms with van der Waals surface area (Å²) in [6.07, 6.45) is 15.2. The van der Waals surface area contributed by atoms with E-state index in [-0.39, 0.29) is 12.4 Å². The third kappa shape index (κ3) is 8.25. The van der Waals surface area contributed by atoms with Gasteiger partial charge in [-0.25, -0.2) is 0 Å². The second-order valence-electron chi connectivity index (χ2n) is 4.68. The van der Waals surface area contributed by atoms with Gasteiger partial charge in [0, 0.05) is 0 Å². The molecule has 0 aromatic carbocycles. The average Bonchev–Trinajstić information content (AvgIpc) is 2.68. The van der Waals surface area contributed by atoms with Crippen LogP contribution in [-0.4, -0.2) is 23.4 Å². The number of unbranched alkanes of at least 4 members (excludes halogenated alkanes) is 7. The molecule has 1 radical (unpaired) electrons. The molecule has 0 saturated heterocycles. The van der Waals surface area contributed by atoms with Crippen LogP contribution < -0.4 is 12.4 Å². The molecule has 0 aliphatic carbocycles. The second kappa shape index (κ2) is 10.6. The first-order valence-electron chi connectivity index (χ1n) is 6.77. The average molecular weight is 258 g/mol. The zero-order valence-electron chi connectivity index (χ0n) is 11.3. The van der Waals surface area contributed by atoms with Crippen LogP contribution in [0.3, 0.4) is 0 Å². The van der Waals surface area contributed by atoms with Gasteiger partial charge in [0.1, 0.15) is 0 Å². The van der Waals surface area contributed by atoms with Crippen LogP contribution in [0.5, 0.6) is 0 Å². The monoisotopic (exact) mass is 257 g/mol. The Balaban J connectivity index is 0.00000256. The van der Waals surface area contributed by atoms with E-state index in [1.54, 1.807) is 0 Å². The van der Waals surface area contributed by atoms with Crippen molar-refractivity contribution in [3.8, 4) is 0 Å². The Morgan fingerprint density at radius 2 is 1.47 bits per heavy atom. The molecule has 1 rings (SSSR count). The van der Waals surface area contributed by atoms with E-state index >= 15 is 0 Å². The van der Waals surface area contributed by atoms with Crippen LogP contribution in [-0.2, 0) is 0 Å².